The number of piperidine rings is 1. The van der Waals surface area contributed by atoms with E-state index in [9.17, 15) is 0 Å². The van der Waals surface area contributed by atoms with Gasteiger partial charge in [-0.05, 0) is 62.9 Å². The lowest BCUT2D eigenvalue weighted by molar-refractivity contribution is 0.373. The van der Waals surface area contributed by atoms with Crippen molar-refractivity contribution in [2.45, 2.75) is 26.2 Å². The van der Waals surface area contributed by atoms with Crippen LogP contribution in [0.1, 0.15) is 24.1 Å². The molecule has 1 saturated heterocycles. The van der Waals surface area contributed by atoms with E-state index in [4.69, 9.17) is 0 Å². The van der Waals surface area contributed by atoms with Crippen LogP contribution in [0, 0.1) is 12.8 Å². The lowest BCUT2D eigenvalue weighted by Gasteiger charge is -2.22. The fourth-order valence-electron chi connectivity index (χ4n) is 2.73. The number of hydrogen-bond acceptors (Lipinski definition) is 2. The summed E-state index contributed by atoms with van der Waals surface area (Å²) < 4.78 is 0. The fraction of sp³-hybridized carbons (Fsp3) is 0.500. The molecule has 0 atom stereocenters. The second-order valence-electron chi connectivity index (χ2n) is 5.10. The van der Waals surface area contributed by atoms with E-state index in [1.165, 1.54) is 49.0 Å². The van der Waals surface area contributed by atoms with Gasteiger partial charge in [-0.3, -0.25) is 5.10 Å². The Labute approximate surface area is 102 Å². The summed E-state index contributed by atoms with van der Waals surface area (Å²) in [6.45, 7) is 4.44. The largest absolute Gasteiger partial charge is 0.317 e. The van der Waals surface area contributed by atoms with Crippen LogP contribution in [0.2, 0.25) is 0 Å². The summed E-state index contributed by atoms with van der Waals surface area (Å²) in [7, 11) is 0. The van der Waals surface area contributed by atoms with Crippen LogP contribution in [-0.2, 0) is 6.42 Å². The summed E-state index contributed by atoms with van der Waals surface area (Å²) in [4.78, 5) is 0. The molecule has 1 fully saturated rings. The third kappa shape index (κ3) is 2.20. The van der Waals surface area contributed by atoms with E-state index in [0.717, 1.165) is 11.4 Å². The van der Waals surface area contributed by atoms with Crippen LogP contribution in [-0.4, -0.2) is 23.3 Å². The van der Waals surface area contributed by atoms with Crippen LogP contribution >= 0.6 is 0 Å². The highest BCUT2D eigenvalue weighted by Gasteiger charge is 2.14. The van der Waals surface area contributed by atoms with Crippen LogP contribution in [0.15, 0.2) is 18.2 Å². The van der Waals surface area contributed by atoms with Gasteiger partial charge in [0.05, 0.1) is 5.52 Å². The van der Waals surface area contributed by atoms with Crippen molar-refractivity contribution in [2.24, 2.45) is 5.92 Å². The summed E-state index contributed by atoms with van der Waals surface area (Å²) in [5.74, 6) is 0.848. The second-order valence-corrected chi connectivity index (χ2v) is 5.10. The van der Waals surface area contributed by atoms with Crippen LogP contribution in [0.4, 0.5) is 0 Å². The van der Waals surface area contributed by atoms with Crippen molar-refractivity contribution in [1.29, 1.82) is 0 Å². The number of H-pyrrole nitrogens is 1. The maximum atomic E-state index is 4.27. The van der Waals surface area contributed by atoms with Crippen molar-refractivity contribution < 1.29 is 0 Å². The molecular formula is C14H19N3. The quantitative estimate of drug-likeness (QED) is 0.830. The van der Waals surface area contributed by atoms with E-state index in [1.54, 1.807) is 0 Å². The van der Waals surface area contributed by atoms with Crippen molar-refractivity contribution in [3.63, 3.8) is 0 Å². The molecule has 0 saturated carbocycles. The molecule has 90 valence electrons. The molecule has 0 amide bonds. The maximum absolute atomic E-state index is 4.27. The number of benzene rings is 1. The molecule has 3 heteroatoms. The molecule has 3 rings (SSSR count). The first kappa shape index (κ1) is 10.8. The first-order chi connectivity index (χ1) is 8.33. The molecule has 2 aromatic rings. The maximum Gasteiger partial charge on any atom is 0.0923 e. The van der Waals surface area contributed by atoms with Gasteiger partial charge in [0.25, 0.3) is 0 Å². The van der Waals surface area contributed by atoms with E-state index < -0.39 is 0 Å². The van der Waals surface area contributed by atoms with Crippen LogP contribution < -0.4 is 5.32 Å². The minimum atomic E-state index is 0.848. The molecule has 1 aliphatic rings. The van der Waals surface area contributed by atoms with Gasteiger partial charge in [-0.25, -0.2) is 0 Å². The van der Waals surface area contributed by atoms with Gasteiger partial charge in [-0.2, -0.15) is 5.10 Å². The van der Waals surface area contributed by atoms with Gasteiger partial charge in [0, 0.05) is 11.1 Å². The Morgan fingerprint density at radius 1 is 1.29 bits per heavy atom. The predicted molar refractivity (Wildman–Crippen MR) is 70.1 cm³/mol. The van der Waals surface area contributed by atoms with Gasteiger partial charge in [0.2, 0.25) is 0 Å². The Hall–Kier alpha value is -1.35. The second kappa shape index (κ2) is 4.49. The number of rotatable bonds is 2. The average molecular weight is 229 g/mol. The smallest absolute Gasteiger partial charge is 0.0923 e. The summed E-state index contributed by atoms with van der Waals surface area (Å²) in [5, 5.41) is 12.0. The Bertz CT molecular complexity index is 509. The zero-order valence-electron chi connectivity index (χ0n) is 10.3. The van der Waals surface area contributed by atoms with E-state index in [2.05, 4.69) is 40.6 Å². The molecule has 0 aliphatic carbocycles. The SMILES string of the molecule is Cc1[nH]nc2ccc(CC3CCNCC3)cc12. The van der Waals surface area contributed by atoms with Crippen molar-refractivity contribution >= 4 is 10.9 Å². The molecule has 2 heterocycles. The third-order valence-corrected chi connectivity index (χ3v) is 3.79. The highest BCUT2D eigenvalue weighted by atomic mass is 15.1. The molecule has 1 aromatic carbocycles. The molecule has 0 spiro atoms. The predicted octanol–water partition coefficient (Wildman–Crippen LogP) is 2.41. The molecule has 0 unspecified atom stereocenters. The summed E-state index contributed by atoms with van der Waals surface area (Å²) >= 11 is 0. The first-order valence-corrected chi connectivity index (χ1v) is 6.47. The zero-order valence-corrected chi connectivity index (χ0v) is 10.3. The number of aryl methyl sites for hydroxylation is 1. The minimum Gasteiger partial charge on any atom is -0.317 e. The molecule has 1 aromatic heterocycles. The van der Waals surface area contributed by atoms with Crippen molar-refractivity contribution in [3.8, 4) is 0 Å². The van der Waals surface area contributed by atoms with Crippen molar-refractivity contribution in [1.82, 2.24) is 15.5 Å². The molecule has 1 aliphatic heterocycles. The number of aromatic nitrogens is 2. The fourth-order valence-corrected chi connectivity index (χ4v) is 2.73. The number of nitrogens with zero attached hydrogens (tertiary/aromatic N) is 1. The Kier molecular flexibility index (Phi) is 2.85. The van der Waals surface area contributed by atoms with Gasteiger partial charge in [-0.1, -0.05) is 6.07 Å². The summed E-state index contributed by atoms with van der Waals surface area (Å²) in [6.07, 6.45) is 3.83. The first-order valence-electron chi connectivity index (χ1n) is 6.47. The molecule has 3 nitrogen and oxygen atoms in total. The van der Waals surface area contributed by atoms with Gasteiger partial charge < -0.3 is 5.32 Å². The zero-order chi connectivity index (χ0) is 11.7. The number of nitrogens with one attached hydrogen (secondary N) is 2. The standard InChI is InChI=1S/C14H19N3/c1-10-13-9-12(2-3-14(13)17-16-10)8-11-4-6-15-7-5-11/h2-3,9,11,15H,4-8H2,1H3,(H,16,17). The Morgan fingerprint density at radius 2 is 2.12 bits per heavy atom. The van der Waals surface area contributed by atoms with Gasteiger partial charge in [0.15, 0.2) is 0 Å². The van der Waals surface area contributed by atoms with Crippen LogP contribution in [0.3, 0.4) is 0 Å². The van der Waals surface area contributed by atoms with E-state index in [1.807, 2.05) is 0 Å². The molecule has 0 radical (unpaired) electrons. The Morgan fingerprint density at radius 3 is 2.94 bits per heavy atom. The monoisotopic (exact) mass is 229 g/mol. The van der Waals surface area contributed by atoms with Crippen LogP contribution in [0.25, 0.3) is 10.9 Å². The highest BCUT2D eigenvalue weighted by molar-refractivity contribution is 5.81. The van der Waals surface area contributed by atoms with Gasteiger partial charge >= 0.3 is 0 Å². The molecule has 2 N–H and O–H groups in total. The number of hydrogen-bond donors (Lipinski definition) is 2. The van der Waals surface area contributed by atoms with E-state index in [0.29, 0.717) is 0 Å². The average Bonchev–Trinajstić information content (AvgIpc) is 2.73. The van der Waals surface area contributed by atoms with Gasteiger partial charge in [0.1, 0.15) is 0 Å². The highest BCUT2D eigenvalue weighted by Crippen LogP contribution is 2.22. The summed E-state index contributed by atoms with van der Waals surface area (Å²) in [5.41, 5.74) is 3.71. The van der Waals surface area contributed by atoms with Gasteiger partial charge in [-0.15, -0.1) is 0 Å². The Balaban J connectivity index is 1.82. The van der Waals surface area contributed by atoms with Crippen molar-refractivity contribution in [2.75, 3.05) is 13.1 Å². The molecular weight excluding hydrogens is 210 g/mol. The summed E-state index contributed by atoms with van der Waals surface area (Å²) in [6, 6.07) is 6.66. The minimum absolute atomic E-state index is 0.848. The van der Waals surface area contributed by atoms with E-state index >= 15 is 0 Å². The van der Waals surface area contributed by atoms with Crippen LogP contribution in [0.5, 0.6) is 0 Å². The molecule has 17 heavy (non-hydrogen) atoms. The molecule has 0 bridgehead atoms. The van der Waals surface area contributed by atoms with E-state index in [-0.39, 0.29) is 0 Å². The number of aromatic amines is 1. The normalized spacial score (nSPS) is 17.7. The lowest BCUT2D eigenvalue weighted by atomic mass is 9.90. The lowest BCUT2D eigenvalue weighted by Crippen LogP contribution is -2.28. The number of fused-ring (bicyclic) bond motifs is 1. The topological polar surface area (TPSA) is 40.7 Å². The van der Waals surface area contributed by atoms with Crippen molar-refractivity contribution in [3.05, 3.63) is 29.5 Å². The third-order valence-electron chi connectivity index (χ3n) is 3.79.